The van der Waals surface area contributed by atoms with Gasteiger partial charge >= 0.3 is 0 Å². The molecule has 8 nitrogen and oxygen atoms in total. The fourth-order valence-electron chi connectivity index (χ4n) is 3.51. The minimum absolute atomic E-state index is 0.160. The first-order valence-corrected chi connectivity index (χ1v) is 10.1. The maximum atomic E-state index is 12.6. The molecule has 1 fully saturated rings. The van der Waals surface area contributed by atoms with Crippen LogP contribution in [0.3, 0.4) is 0 Å². The van der Waals surface area contributed by atoms with E-state index in [9.17, 15) is 9.59 Å². The Morgan fingerprint density at radius 2 is 1.93 bits per heavy atom. The Morgan fingerprint density at radius 3 is 2.62 bits per heavy atom. The van der Waals surface area contributed by atoms with E-state index in [0.29, 0.717) is 31.7 Å². The lowest BCUT2D eigenvalue weighted by Gasteiger charge is -2.32. The Bertz CT molecular complexity index is 839. The van der Waals surface area contributed by atoms with Crippen LogP contribution < -0.4 is 5.32 Å². The van der Waals surface area contributed by atoms with Crippen LogP contribution in [0.5, 0.6) is 0 Å². The lowest BCUT2D eigenvalue weighted by Crippen LogP contribution is -2.40. The van der Waals surface area contributed by atoms with E-state index in [-0.39, 0.29) is 17.9 Å². The summed E-state index contributed by atoms with van der Waals surface area (Å²) < 4.78 is 1.77. The highest BCUT2D eigenvalue weighted by Gasteiger charge is 2.25. The molecular formula is C21H30N6O2. The largest absolute Gasteiger partial charge is 0.349 e. The Morgan fingerprint density at radius 1 is 1.21 bits per heavy atom. The van der Waals surface area contributed by atoms with Crippen molar-refractivity contribution in [2.45, 2.75) is 32.2 Å². The number of amides is 2. The van der Waals surface area contributed by atoms with Gasteiger partial charge in [0.05, 0.1) is 18.7 Å². The number of benzene rings is 1. The van der Waals surface area contributed by atoms with Gasteiger partial charge in [0.2, 0.25) is 5.91 Å². The fraction of sp³-hybridized carbons (Fsp3) is 0.524. The van der Waals surface area contributed by atoms with E-state index in [2.05, 4.69) is 15.6 Å². The highest BCUT2D eigenvalue weighted by molar-refractivity contribution is 5.91. The topological polar surface area (TPSA) is 83.4 Å². The number of piperidine rings is 1. The number of hydrogen-bond acceptors (Lipinski definition) is 5. The minimum atomic E-state index is -0.205. The van der Waals surface area contributed by atoms with Crippen LogP contribution in [-0.4, -0.2) is 76.9 Å². The third kappa shape index (κ3) is 5.63. The van der Waals surface area contributed by atoms with E-state index in [4.69, 9.17) is 0 Å². The third-order valence-electron chi connectivity index (χ3n) is 5.38. The Labute approximate surface area is 171 Å². The molecule has 29 heavy (non-hydrogen) atoms. The van der Waals surface area contributed by atoms with Crippen molar-refractivity contribution < 1.29 is 9.59 Å². The van der Waals surface area contributed by atoms with Crippen molar-refractivity contribution in [2.24, 2.45) is 0 Å². The molecule has 1 N–H and O–H groups in total. The van der Waals surface area contributed by atoms with Gasteiger partial charge in [-0.3, -0.25) is 9.59 Å². The SMILES string of the molecule is Cc1ccccc1CC(=O)N1CCC(n2cc(C(=O)NCCN(C)C)nn2)CC1. The first kappa shape index (κ1) is 21.0. The predicted molar refractivity (Wildman–Crippen MR) is 111 cm³/mol. The first-order chi connectivity index (χ1) is 13.9. The quantitative estimate of drug-likeness (QED) is 0.760. The van der Waals surface area contributed by atoms with Crippen molar-refractivity contribution in [3.8, 4) is 0 Å². The number of likely N-dealkylation sites (N-methyl/N-ethyl adjacent to an activating group) is 1. The molecule has 0 radical (unpaired) electrons. The second-order valence-corrected chi connectivity index (χ2v) is 7.86. The zero-order chi connectivity index (χ0) is 20.8. The lowest BCUT2D eigenvalue weighted by atomic mass is 10.0. The number of hydrogen-bond donors (Lipinski definition) is 1. The van der Waals surface area contributed by atoms with Crippen LogP contribution in [0.25, 0.3) is 0 Å². The van der Waals surface area contributed by atoms with Crippen LogP contribution in [0, 0.1) is 6.92 Å². The van der Waals surface area contributed by atoms with Crippen molar-refractivity contribution in [1.82, 2.24) is 30.1 Å². The van der Waals surface area contributed by atoms with Gasteiger partial charge in [-0.15, -0.1) is 5.10 Å². The number of nitrogens with one attached hydrogen (secondary N) is 1. The maximum Gasteiger partial charge on any atom is 0.273 e. The number of aromatic nitrogens is 3. The molecule has 2 heterocycles. The predicted octanol–water partition coefficient (Wildman–Crippen LogP) is 1.28. The number of nitrogens with zero attached hydrogens (tertiary/aromatic N) is 5. The molecule has 1 aromatic carbocycles. The summed E-state index contributed by atoms with van der Waals surface area (Å²) in [6, 6.07) is 8.17. The van der Waals surface area contributed by atoms with Gasteiger partial charge in [0.25, 0.3) is 5.91 Å². The van der Waals surface area contributed by atoms with Crippen LogP contribution in [-0.2, 0) is 11.2 Å². The monoisotopic (exact) mass is 398 g/mol. The van der Waals surface area contributed by atoms with E-state index < -0.39 is 0 Å². The van der Waals surface area contributed by atoms with Crippen molar-refractivity contribution >= 4 is 11.8 Å². The molecule has 2 aromatic rings. The van der Waals surface area contributed by atoms with Crippen molar-refractivity contribution in [2.75, 3.05) is 40.3 Å². The maximum absolute atomic E-state index is 12.6. The van der Waals surface area contributed by atoms with Crippen molar-refractivity contribution in [1.29, 1.82) is 0 Å². The Kier molecular flexibility index (Phi) is 6.98. The van der Waals surface area contributed by atoms with Crippen molar-refractivity contribution in [3.05, 3.63) is 47.3 Å². The van der Waals surface area contributed by atoms with Gasteiger partial charge in [-0.05, 0) is 45.0 Å². The zero-order valence-corrected chi connectivity index (χ0v) is 17.5. The van der Waals surface area contributed by atoms with E-state index >= 15 is 0 Å². The molecule has 1 aliphatic heterocycles. The van der Waals surface area contributed by atoms with Crippen LogP contribution in [0.4, 0.5) is 0 Å². The molecular weight excluding hydrogens is 368 g/mol. The summed E-state index contributed by atoms with van der Waals surface area (Å²) in [5.41, 5.74) is 2.57. The number of rotatable bonds is 7. The second kappa shape index (κ2) is 9.65. The van der Waals surface area contributed by atoms with Crippen LogP contribution in [0.2, 0.25) is 0 Å². The highest BCUT2D eigenvalue weighted by atomic mass is 16.2. The molecule has 156 valence electrons. The van der Waals surface area contributed by atoms with Gasteiger partial charge in [0.15, 0.2) is 5.69 Å². The Hall–Kier alpha value is -2.74. The van der Waals surface area contributed by atoms with Gasteiger partial charge in [-0.2, -0.15) is 0 Å². The van der Waals surface area contributed by atoms with Gasteiger partial charge in [-0.1, -0.05) is 29.5 Å². The number of carbonyl (C=O) groups is 2. The number of likely N-dealkylation sites (tertiary alicyclic amines) is 1. The molecule has 2 amide bonds. The number of carbonyl (C=O) groups excluding carboxylic acids is 2. The van der Waals surface area contributed by atoms with Crippen LogP contribution in [0.1, 0.15) is 40.5 Å². The zero-order valence-electron chi connectivity index (χ0n) is 17.5. The smallest absolute Gasteiger partial charge is 0.273 e. The van der Waals surface area contributed by atoms with Gasteiger partial charge in [0, 0.05) is 26.2 Å². The molecule has 1 aliphatic rings. The first-order valence-electron chi connectivity index (χ1n) is 10.1. The average Bonchev–Trinajstić information content (AvgIpc) is 3.20. The van der Waals surface area contributed by atoms with E-state index in [1.54, 1.807) is 10.9 Å². The summed E-state index contributed by atoms with van der Waals surface area (Å²) in [5.74, 6) is -0.0405. The molecule has 1 saturated heterocycles. The highest BCUT2D eigenvalue weighted by Crippen LogP contribution is 2.22. The fourth-order valence-corrected chi connectivity index (χ4v) is 3.51. The average molecular weight is 399 g/mol. The molecule has 0 aliphatic carbocycles. The standard InChI is InChI=1S/C21H30N6O2/c1-16-6-4-5-7-17(16)14-20(28)26-11-8-18(9-12-26)27-15-19(23-24-27)21(29)22-10-13-25(2)3/h4-7,15,18H,8-14H2,1-3H3,(H,22,29). The molecule has 0 spiro atoms. The molecule has 0 atom stereocenters. The molecule has 0 saturated carbocycles. The van der Waals surface area contributed by atoms with Crippen molar-refractivity contribution in [3.63, 3.8) is 0 Å². The summed E-state index contributed by atoms with van der Waals surface area (Å²) in [6.45, 7) is 4.77. The van der Waals surface area contributed by atoms with E-state index in [1.807, 2.05) is 55.1 Å². The molecule has 0 bridgehead atoms. The minimum Gasteiger partial charge on any atom is -0.349 e. The van der Waals surface area contributed by atoms with E-state index in [1.165, 1.54) is 0 Å². The summed E-state index contributed by atoms with van der Waals surface area (Å²) in [4.78, 5) is 28.7. The molecule has 3 rings (SSSR count). The summed E-state index contributed by atoms with van der Waals surface area (Å²) in [5, 5.41) is 11.0. The summed E-state index contributed by atoms with van der Waals surface area (Å²) in [6.07, 6.45) is 3.77. The van der Waals surface area contributed by atoms with Crippen LogP contribution >= 0.6 is 0 Å². The van der Waals surface area contributed by atoms with Gasteiger partial charge in [-0.25, -0.2) is 4.68 Å². The lowest BCUT2D eigenvalue weighted by molar-refractivity contribution is -0.131. The second-order valence-electron chi connectivity index (χ2n) is 7.86. The molecule has 0 unspecified atom stereocenters. The van der Waals surface area contributed by atoms with Crippen LogP contribution in [0.15, 0.2) is 30.5 Å². The summed E-state index contributed by atoms with van der Waals surface area (Å²) >= 11 is 0. The Balaban J connectivity index is 1.49. The molecule has 8 heteroatoms. The van der Waals surface area contributed by atoms with Gasteiger partial charge in [0.1, 0.15) is 0 Å². The third-order valence-corrected chi connectivity index (χ3v) is 5.38. The van der Waals surface area contributed by atoms with Gasteiger partial charge < -0.3 is 15.1 Å². The summed E-state index contributed by atoms with van der Waals surface area (Å²) in [7, 11) is 3.92. The number of aryl methyl sites for hydroxylation is 1. The van der Waals surface area contributed by atoms with E-state index in [0.717, 1.165) is 30.5 Å². The molecule has 1 aromatic heterocycles. The normalized spacial score (nSPS) is 15.0.